The Labute approximate surface area is 203 Å². The molecule has 8 nitrogen and oxygen atoms in total. The number of cyclic esters (lactones) is 1. The number of benzene rings is 3. The van der Waals surface area contributed by atoms with Gasteiger partial charge in [-0.1, -0.05) is 30.3 Å². The molecule has 0 radical (unpaired) electrons. The number of nitrogens with zero attached hydrogens (tertiary/aromatic N) is 1. The second-order valence-electron chi connectivity index (χ2n) is 7.36. The van der Waals surface area contributed by atoms with Crippen molar-refractivity contribution in [3.63, 3.8) is 0 Å². The van der Waals surface area contributed by atoms with Crippen LogP contribution in [0.1, 0.15) is 21.5 Å². The number of carbonyl (C=O) groups is 3. The summed E-state index contributed by atoms with van der Waals surface area (Å²) >= 11 is 0. The van der Waals surface area contributed by atoms with Crippen LogP contribution in [0.5, 0.6) is 11.5 Å². The summed E-state index contributed by atoms with van der Waals surface area (Å²) in [6, 6.07) is 15.5. The molecule has 0 saturated carbocycles. The number of halogens is 2. The SMILES string of the molecule is COc1cc(C=C2N=C(c3ccccc3F)OC2=O)ccc1OC(=O)CNC(=O)c1ccccc1F. The molecule has 0 fully saturated rings. The molecule has 1 N–H and O–H groups in total. The third kappa shape index (κ3) is 5.44. The van der Waals surface area contributed by atoms with Crippen LogP contribution in [0.15, 0.2) is 77.4 Å². The lowest BCUT2D eigenvalue weighted by molar-refractivity contribution is -0.133. The molecular weight excluding hydrogens is 474 g/mol. The second-order valence-corrected chi connectivity index (χ2v) is 7.36. The maximum atomic E-state index is 14.0. The number of rotatable bonds is 7. The Morgan fingerprint density at radius 3 is 2.44 bits per heavy atom. The van der Waals surface area contributed by atoms with Gasteiger partial charge in [-0.15, -0.1) is 0 Å². The third-order valence-corrected chi connectivity index (χ3v) is 4.95. The van der Waals surface area contributed by atoms with Gasteiger partial charge >= 0.3 is 11.9 Å². The van der Waals surface area contributed by atoms with Gasteiger partial charge in [-0.05, 0) is 48.0 Å². The third-order valence-electron chi connectivity index (χ3n) is 4.95. The molecule has 0 saturated heterocycles. The van der Waals surface area contributed by atoms with E-state index in [4.69, 9.17) is 14.2 Å². The lowest BCUT2D eigenvalue weighted by atomic mass is 10.1. The van der Waals surface area contributed by atoms with Gasteiger partial charge in [-0.2, -0.15) is 0 Å². The maximum Gasteiger partial charge on any atom is 0.363 e. The summed E-state index contributed by atoms with van der Waals surface area (Å²) < 4.78 is 43.2. The lowest BCUT2D eigenvalue weighted by Gasteiger charge is -2.11. The smallest absolute Gasteiger partial charge is 0.363 e. The highest BCUT2D eigenvalue weighted by Gasteiger charge is 2.26. The first-order chi connectivity index (χ1) is 17.4. The van der Waals surface area contributed by atoms with Gasteiger partial charge in [0, 0.05) is 0 Å². The van der Waals surface area contributed by atoms with Crippen LogP contribution in [0.2, 0.25) is 0 Å². The number of methoxy groups -OCH3 is 1. The Bertz CT molecular complexity index is 1420. The first-order valence-corrected chi connectivity index (χ1v) is 10.5. The normalized spacial score (nSPS) is 13.7. The van der Waals surface area contributed by atoms with Crippen molar-refractivity contribution in [2.45, 2.75) is 0 Å². The zero-order valence-corrected chi connectivity index (χ0v) is 18.8. The largest absolute Gasteiger partial charge is 0.493 e. The lowest BCUT2D eigenvalue weighted by Crippen LogP contribution is -2.32. The minimum Gasteiger partial charge on any atom is -0.493 e. The summed E-state index contributed by atoms with van der Waals surface area (Å²) in [4.78, 5) is 40.5. The molecule has 1 heterocycles. The standard InChI is InChI=1S/C26H18F2N2O6/c1-34-22-13-15(12-20-26(33)36-25(30-20)17-7-3-5-9-19(17)28)10-11-21(22)35-23(31)14-29-24(32)16-6-2-4-8-18(16)27/h2-13H,14H2,1H3,(H,29,32). The van der Waals surface area contributed by atoms with Crippen molar-refractivity contribution in [3.8, 4) is 11.5 Å². The average molecular weight is 492 g/mol. The molecule has 3 aromatic rings. The van der Waals surface area contributed by atoms with Crippen molar-refractivity contribution < 1.29 is 37.4 Å². The maximum absolute atomic E-state index is 14.0. The first kappa shape index (κ1) is 24.3. The summed E-state index contributed by atoms with van der Waals surface area (Å²) in [5.74, 6) is -3.58. The number of hydrogen-bond donors (Lipinski definition) is 1. The molecule has 10 heteroatoms. The van der Waals surface area contributed by atoms with Crippen LogP contribution in [0.25, 0.3) is 6.08 Å². The predicted octanol–water partition coefficient (Wildman–Crippen LogP) is 3.65. The molecule has 3 aromatic carbocycles. The van der Waals surface area contributed by atoms with Crippen molar-refractivity contribution >= 4 is 29.8 Å². The number of aliphatic imine (C=N–C) groups is 1. The predicted molar refractivity (Wildman–Crippen MR) is 124 cm³/mol. The fraction of sp³-hybridized carbons (Fsp3) is 0.0769. The van der Waals surface area contributed by atoms with Gasteiger partial charge < -0.3 is 19.5 Å². The topological polar surface area (TPSA) is 103 Å². The molecule has 0 aliphatic carbocycles. The van der Waals surface area contributed by atoms with Crippen molar-refractivity contribution in [1.82, 2.24) is 5.32 Å². The summed E-state index contributed by atoms with van der Waals surface area (Å²) in [7, 11) is 1.35. The number of amides is 1. The van der Waals surface area contributed by atoms with Gasteiger partial charge in [-0.25, -0.2) is 23.4 Å². The van der Waals surface area contributed by atoms with Crippen LogP contribution in [0.3, 0.4) is 0 Å². The van der Waals surface area contributed by atoms with E-state index in [1.165, 1.54) is 67.8 Å². The summed E-state index contributed by atoms with van der Waals surface area (Å²) in [6.07, 6.45) is 1.40. The summed E-state index contributed by atoms with van der Waals surface area (Å²) in [5.41, 5.74) is 0.253. The van der Waals surface area contributed by atoms with Crippen molar-refractivity contribution in [2.24, 2.45) is 4.99 Å². The van der Waals surface area contributed by atoms with Gasteiger partial charge in [0.2, 0.25) is 5.90 Å². The van der Waals surface area contributed by atoms with E-state index in [1.54, 1.807) is 6.07 Å². The molecule has 1 aliphatic rings. The Kier molecular flexibility index (Phi) is 7.15. The molecule has 0 unspecified atom stereocenters. The average Bonchev–Trinajstić information content (AvgIpc) is 3.23. The van der Waals surface area contributed by atoms with Crippen LogP contribution < -0.4 is 14.8 Å². The molecular formula is C26H18F2N2O6. The molecule has 0 spiro atoms. The van der Waals surface area contributed by atoms with E-state index >= 15 is 0 Å². The number of carbonyl (C=O) groups excluding carboxylic acids is 3. The van der Waals surface area contributed by atoms with Gasteiger partial charge in [0.25, 0.3) is 5.91 Å². The van der Waals surface area contributed by atoms with Crippen LogP contribution in [0, 0.1) is 11.6 Å². The van der Waals surface area contributed by atoms with Crippen molar-refractivity contribution in [2.75, 3.05) is 13.7 Å². The van der Waals surface area contributed by atoms with Crippen LogP contribution in [-0.2, 0) is 14.3 Å². The van der Waals surface area contributed by atoms with E-state index in [0.29, 0.717) is 5.56 Å². The number of esters is 2. The van der Waals surface area contributed by atoms with E-state index in [0.717, 1.165) is 6.07 Å². The fourth-order valence-corrected chi connectivity index (χ4v) is 3.23. The Hall–Kier alpha value is -4.86. The molecule has 1 amide bonds. The molecule has 182 valence electrons. The highest BCUT2D eigenvalue weighted by atomic mass is 19.1. The van der Waals surface area contributed by atoms with E-state index in [-0.39, 0.29) is 34.2 Å². The minimum absolute atomic E-state index is 0.0503. The first-order valence-electron chi connectivity index (χ1n) is 10.5. The minimum atomic E-state index is -0.817. The molecule has 36 heavy (non-hydrogen) atoms. The van der Waals surface area contributed by atoms with E-state index in [1.807, 2.05) is 0 Å². The fourth-order valence-electron chi connectivity index (χ4n) is 3.23. The van der Waals surface area contributed by atoms with Gasteiger partial charge in [0.1, 0.15) is 18.2 Å². The monoisotopic (exact) mass is 492 g/mol. The zero-order chi connectivity index (χ0) is 25.7. The molecule has 0 atom stereocenters. The van der Waals surface area contributed by atoms with Gasteiger partial charge in [0.15, 0.2) is 17.2 Å². The highest BCUT2D eigenvalue weighted by Crippen LogP contribution is 2.30. The summed E-state index contributed by atoms with van der Waals surface area (Å²) in [6.45, 7) is -0.512. The van der Waals surface area contributed by atoms with E-state index < -0.39 is 36.0 Å². The van der Waals surface area contributed by atoms with Gasteiger partial charge in [0.05, 0.1) is 18.2 Å². The van der Waals surface area contributed by atoms with Crippen LogP contribution in [-0.4, -0.2) is 37.4 Å². The van der Waals surface area contributed by atoms with Crippen LogP contribution in [0.4, 0.5) is 8.78 Å². The molecule has 0 bridgehead atoms. The molecule has 1 aliphatic heterocycles. The highest BCUT2D eigenvalue weighted by molar-refractivity contribution is 6.13. The quantitative estimate of drug-likeness (QED) is 0.307. The van der Waals surface area contributed by atoms with E-state index in [2.05, 4.69) is 10.3 Å². The Morgan fingerprint density at radius 2 is 1.72 bits per heavy atom. The number of nitrogens with one attached hydrogen (secondary N) is 1. The van der Waals surface area contributed by atoms with Crippen LogP contribution >= 0.6 is 0 Å². The van der Waals surface area contributed by atoms with Crippen molar-refractivity contribution in [3.05, 3.63) is 101 Å². The Morgan fingerprint density at radius 1 is 1.00 bits per heavy atom. The van der Waals surface area contributed by atoms with Crippen molar-refractivity contribution in [1.29, 1.82) is 0 Å². The zero-order valence-electron chi connectivity index (χ0n) is 18.8. The number of hydrogen-bond acceptors (Lipinski definition) is 7. The van der Waals surface area contributed by atoms with Gasteiger partial charge in [-0.3, -0.25) is 4.79 Å². The molecule has 4 rings (SSSR count). The second kappa shape index (κ2) is 10.6. The molecule has 0 aromatic heterocycles. The Balaban J connectivity index is 1.45. The number of ether oxygens (including phenoxy) is 3. The van der Waals surface area contributed by atoms with E-state index in [9.17, 15) is 23.2 Å². The summed E-state index contributed by atoms with van der Waals surface area (Å²) in [5, 5.41) is 2.29.